The number of rotatable bonds is 9. The van der Waals surface area contributed by atoms with E-state index in [1.54, 1.807) is 31.4 Å². The lowest BCUT2D eigenvalue weighted by atomic mass is 9.92. The Morgan fingerprint density at radius 2 is 1.66 bits per heavy atom. The largest absolute Gasteiger partial charge is 0.503 e. The molecule has 1 aliphatic rings. The van der Waals surface area contributed by atoms with Crippen LogP contribution in [-0.2, 0) is 16.1 Å². The minimum atomic E-state index is -0.765. The van der Waals surface area contributed by atoms with Gasteiger partial charge in [-0.05, 0) is 29.7 Å². The van der Waals surface area contributed by atoms with Crippen LogP contribution in [0.15, 0.2) is 53.8 Å². The van der Waals surface area contributed by atoms with Crippen LogP contribution in [0.3, 0.4) is 0 Å². The maximum atomic E-state index is 13.1. The molecule has 0 aliphatic carbocycles. The van der Waals surface area contributed by atoms with Crippen LogP contribution in [0.5, 0.6) is 17.2 Å². The van der Waals surface area contributed by atoms with E-state index in [9.17, 15) is 14.7 Å². The third kappa shape index (κ3) is 4.42. The minimum absolute atomic E-state index is 0.0761. The van der Waals surface area contributed by atoms with E-state index in [0.717, 1.165) is 5.56 Å². The van der Waals surface area contributed by atoms with Crippen LogP contribution in [0.4, 0.5) is 0 Å². The van der Waals surface area contributed by atoms with Gasteiger partial charge >= 0.3 is 0 Å². The molecular weight excluding hydrogens is 410 g/mol. The summed E-state index contributed by atoms with van der Waals surface area (Å²) in [5, 5.41) is 10.8. The van der Waals surface area contributed by atoms with E-state index in [4.69, 9.17) is 14.2 Å². The first-order chi connectivity index (χ1) is 15.3. The number of ketones is 1. The number of hydrogen-bond donors (Lipinski definition) is 1. The van der Waals surface area contributed by atoms with E-state index in [-0.39, 0.29) is 30.2 Å². The van der Waals surface area contributed by atoms with Crippen molar-refractivity contribution in [3.05, 3.63) is 64.9 Å². The van der Waals surface area contributed by atoms with Crippen molar-refractivity contribution < 1.29 is 28.9 Å². The van der Waals surface area contributed by atoms with E-state index < -0.39 is 17.7 Å². The number of hydrogen-bond acceptors (Lipinski definition) is 6. The number of aliphatic hydroxyl groups excluding tert-OH is 1. The van der Waals surface area contributed by atoms with Crippen molar-refractivity contribution in [2.45, 2.75) is 32.9 Å². The fourth-order valence-corrected chi connectivity index (χ4v) is 3.97. The lowest BCUT2D eigenvalue weighted by Gasteiger charge is -2.28. The number of nitrogens with zero attached hydrogens (tertiary/aromatic N) is 1. The third-order valence-electron chi connectivity index (χ3n) is 5.45. The van der Waals surface area contributed by atoms with Gasteiger partial charge in [-0.3, -0.25) is 9.59 Å². The van der Waals surface area contributed by atoms with E-state index in [0.29, 0.717) is 22.8 Å². The van der Waals surface area contributed by atoms with Crippen molar-refractivity contribution in [3.63, 3.8) is 0 Å². The standard InChI is InChI=1S/C25H29NO6/c1-15(2)12-18(27)22-23(16-10-11-20(31-4)21(13-16)32-5)26(25(29)24(22)28)14-17-8-6-7-9-19(17)30-3/h6-11,13,15,23,28H,12,14H2,1-5H3. The fraction of sp³-hybridized carbons (Fsp3) is 0.360. The van der Waals surface area contributed by atoms with Crippen LogP contribution in [0.25, 0.3) is 0 Å². The quantitative estimate of drug-likeness (QED) is 0.630. The molecule has 32 heavy (non-hydrogen) atoms. The van der Waals surface area contributed by atoms with Gasteiger partial charge in [0.05, 0.1) is 39.5 Å². The van der Waals surface area contributed by atoms with Crippen molar-refractivity contribution in [1.82, 2.24) is 4.90 Å². The molecule has 1 aliphatic heterocycles. The molecule has 2 aromatic carbocycles. The topological polar surface area (TPSA) is 85.3 Å². The Bertz CT molecular complexity index is 1040. The number of amides is 1. The van der Waals surface area contributed by atoms with Crippen molar-refractivity contribution in [1.29, 1.82) is 0 Å². The van der Waals surface area contributed by atoms with Gasteiger partial charge in [-0.1, -0.05) is 38.1 Å². The van der Waals surface area contributed by atoms with Gasteiger partial charge < -0.3 is 24.2 Å². The van der Waals surface area contributed by atoms with Gasteiger partial charge in [-0.25, -0.2) is 0 Å². The Labute approximate surface area is 188 Å². The lowest BCUT2D eigenvalue weighted by Crippen LogP contribution is -2.31. The zero-order valence-corrected chi connectivity index (χ0v) is 19.0. The summed E-state index contributed by atoms with van der Waals surface area (Å²) in [5.41, 5.74) is 1.51. The number of ether oxygens (including phenoxy) is 3. The summed E-state index contributed by atoms with van der Waals surface area (Å²) < 4.78 is 16.2. The molecule has 0 aromatic heterocycles. The molecule has 1 heterocycles. The van der Waals surface area contributed by atoms with E-state index in [2.05, 4.69) is 0 Å². The zero-order chi connectivity index (χ0) is 23.4. The smallest absolute Gasteiger partial charge is 0.290 e. The molecule has 7 nitrogen and oxygen atoms in total. The summed E-state index contributed by atoms with van der Waals surface area (Å²) in [5.74, 6) is 0.332. The second-order valence-corrected chi connectivity index (χ2v) is 8.05. The maximum absolute atomic E-state index is 13.1. The highest BCUT2D eigenvalue weighted by Crippen LogP contribution is 2.42. The summed E-state index contributed by atoms with van der Waals surface area (Å²) >= 11 is 0. The Kier molecular flexibility index (Phi) is 7.08. The number of benzene rings is 2. The van der Waals surface area contributed by atoms with Crippen molar-refractivity contribution in [2.75, 3.05) is 21.3 Å². The van der Waals surface area contributed by atoms with Gasteiger partial charge in [0.1, 0.15) is 5.75 Å². The van der Waals surface area contributed by atoms with E-state index in [1.165, 1.54) is 19.1 Å². The first-order valence-electron chi connectivity index (χ1n) is 10.4. The predicted octanol–water partition coefficient (Wildman–Crippen LogP) is 4.22. The molecule has 0 saturated heterocycles. The minimum Gasteiger partial charge on any atom is -0.503 e. The Morgan fingerprint density at radius 3 is 2.28 bits per heavy atom. The van der Waals surface area contributed by atoms with Gasteiger partial charge in [0.25, 0.3) is 5.91 Å². The molecule has 1 unspecified atom stereocenters. The van der Waals surface area contributed by atoms with Crippen LogP contribution in [0.2, 0.25) is 0 Å². The highest BCUT2D eigenvalue weighted by molar-refractivity contribution is 6.09. The number of carbonyl (C=O) groups excluding carboxylic acids is 2. The average molecular weight is 440 g/mol. The zero-order valence-electron chi connectivity index (χ0n) is 19.0. The molecule has 0 spiro atoms. The maximum Gasteiger partial charge on any atom is 0.290 e. The van der Waals surface area contributed by atoms with Crippen molar-refractivity contribution >= 4 is 11.7 Å². The normalized spacial score (nSPS) is 16.0. The fourth-order valence-electron chi connectivity index (χ4n) is 3.97. The predicted molar refractivity (Wildman–Crippen MR) is 120 cm³/mol. The molecule has 0 saturated carbocycles. The van der Waals surface area contributed by atoms with Crippen LogP contribution in [-0.4, -0.2) is 43.0 Å². The Balaban J connectivity index is 2.12. The molecule has 0 bridgehead atoms. The van der Waals surface area contributed by atoms with E-state index >= 15 is 0 Å². The van der Waals surface area contributed by atoms with Crippen molar-refractivity contribution in [3.8, 4) is 17.2 Å². The summed E-state index contributed by atoms with van der Waals surface area (Å²) in [6.45, 7) is 4.00. The summed E-state index contributed by atoms with van der Waals surface area (Å²) in [4.78, 5) is 27.7. The SMILES string of the molecule is COc1ccccc1CN1C(=O)C(O)=C(C(=O)CC(C)C)C1c1ccc(OC)c(OC)c1. The molecule has 1 atom stereocenters. The number of methoxy groups -OCH3 is 3. The Hall–Kier alpha value is -3.48. The first kappa shape index (κ1) is 23.2. The van der Waals surface area contributed by atoms with Crippen LogP contribution >= 0.6 is 0 Å². The van der Waals surface area contributed by atoms with Gasteiger partial charge in [0, 0.05) is 12.0 Å². The molecule has 1 N–H and O–H groups in total. The second kappa shape index (κ2) is 9.77. The number of para-hydroxylation sites is 1. The highest BCUT2D eigenvalue weighted by atomic mass is 16.5. The molecule has 1 amide bonds. The van der Waals surface area contributed by atoms with Crippen LogP contribution < -0.4 is 14.2 Å². The summed E-state index contributed by atoms with van der Waals surface area (Å²) in [6, 6.07) is 11.8. The van der Waals surface area contributed by atoms with Crippen LogP contribution in [0, 0.1) is 5.92 Å². The van der Waals surface area contributed by atoms with Gasteiger partial charge in [0.2, 0.25) is 0 Å². The first-order valence-corrected chi connectivity index (χ1v) is 10.4. The molecular formula is C25H29NO6. The van der Waals surface area contributed by atoms with Gasteiger partial charge in [-0.2, -0.15) is 0 Å². The van der Waals surface area contributed by atoms with Crippen molar-refractivity contribution in [2.24, 2.45) is 5.92 Å². The lowest BCUT2D eigenvalue weighted by molar-refractivity contribution is -0.130. The Morgan fingerprint density at radius 1 is 1.00 bits per heavy atom. The summed E-state index contributed by atoms with van der Waals surface area (Å²) in [6.07, 6.45) is 0.221. The van der Waals surface area contributed by atoms with Crippen LogP contribution in [0.1, 0.15) is 37.4 Å². The molecule has 0 fully saturated rings. The number of aliphatic hydroxyl groups is 1. The molecule has 7 heteroatoms. The number of carbonyl (C=O) groups is 2. The van der Waals surface area contributed by atoms with E-state index in [1.807, 2.05) is 32.0 Å². The molecule has 0 radical (unpaired) electrons. The van der Waals surface area contributed by atoms with Gasteiger partial charge in [0.15, 0.2) is 23.0 Å². The third-order valence-corrected chi connectivity index (χ3v) is 5.45. The molecule has 2 aromatic rings. The highest BCUT2D eigenvalue weighted by Gasteiger charge is 2.43. The van der Waals surface area contributed by atoms with Gasteiger partial charge in [-0.15, -0.1) is 0 Å². The monoisotopic (exact) mass is 439 g/mol. The number of Topliss-reactive ketones (excluding diaryl/α,β-unsaturated/α-hetero) is 1. The molecule has 3 rings (SSSR count). The second-order valence-electron chi connectivity index (χ2n) is 8.05. The molecule has 170 valence electrons. The summed E-state index contributed by atoms with van der Waals surface area (Å²) in [7, 11) is 4.61. The average Bonchev–Trinajstić information content (AvgIpc) is 3.03.